The Morgan fingerprint density at radius 1 is 0.493 bits per heavy atom. The summed E-state index contributed by atoms with van der Waals surface area (Å²) >= 11 is 0. The van der Waals surface area contributed by atoms with Crippen LogP contribution in [-0.4, -0.2) is 102 Å². The summed E-state index contributed by atoms with van der Waals surface area (Å²) in [7, 11) is -17.2. The molecule has 374 valence electrons. The summed E-state index contributed by atoms with van der Waals surface area (Å²) in [5.41, 5.74) is -0.368. The molecule has 2 N–H and O–H groups in total. The van der Waals surface area contributed by atoms with Gasteiger partial charge in [-0.3, -0.25) is 9.05 Å². The average Bonchev–Trinajstić information content (AvgIpc) is 3.17. The monoisotopic (exact) mass is 1050 g/mol. The Labute approximate surface area is 426 Å². The molecule has 20 nitrogen and oxygen atoms in total. The molecule has 0 spiro atoms. The molecule has 0 amide bonds. The van der Waals surface area contributed by atoms with Crippen molar-refractivity contribution in [2.24, 2.45) is 35.5 Å². The van der Waals surface area contributed by atoms with E-state index in [1.165, 1.54) is 38.5 Å². The Morgan fingerprint density at radius 3 is 1.01 bits per heavy atom. The van der Waals surface area contributed by atoms with Crippen LogP contribution in [0, 0.1) is 56.0 Å². The fraction of sp³-hybridized carbons (Fsp3) is 0.714. The van der Waals surface area contributed by atoms with Crippen LogP contribution in [0.1, 0.15) is 90.9 Å². The summed E-state index contributed by atoms with van der Waals surface area (Å²) in [5, 5.41) is 6.90. The maximum absolute atomic E-state index is 14.1. The minimum Gasteiger partial charge on any atom is -0.487 e. The van der Waals surface area contributed by atoms with Crippen LogP contribution in [0.15, 0.2) is 48.5 Å². The molecule has 0 aromatic heterocycles. The maximum Gasteiger partial charge on any atom is 2.00 e. The van der Waals surface area contributed by atoms with Gasteiger partial charge in [0.2, 0.25) is 0 Å². The molecule has 2 unspecified atom stereocenters. The van der Waals surface area contributed by atoms with E-state index in [0.717, 1.165) is 38.5 Å². The molecule has 0 saturated heterocycles. The van der Waals surface area contributed by atoms with E-state index in [-0.39, 0.29) is 75.2 Å². The van der Waals surface area contributed by atoms with Gasteiger partial charge in [0.25, 0.3) is 0 Å². The van der Waals surface area contributed by atoms with E-state index in [9.17, 15) is 9.13 Å². The smallest absolute Gasteiger partial charge is 0.487 e. The van der Waals surface area contributed by atoms with Gasteiger partial charge in [0.15, 0.2) is 23.0 Å². The number of hydrogen-bond donors (Lipinski definition) is 2. The van der Waals surface area contributed by atoms with Gasteiger partial charge in [-0.1, -0.05) is 24.3 Å². The van der Waals surface area contributed by atoms with E-state index in [1.54, 1.807) is 24.3 Å². The van der Waals surface area contributed by atoms with Crippen LogP contribution in [0.3, 0.4) is 0 Å². The Kier molecular flexibility index (Phi) is 21.7. The first kappa shape index (κ1) is 57.3. The van der Waals surface area contributed by atoms with Crippen molar-refractivity contribution in [3.8, 4) is 23.0 Å². The molecule has 8 saturated carbocycles. The molecule has 25 heteroatoms. The van der Waals surface area contributed by atoms with Crippen molar-refractivity contribution in [1.29, 1.82) is 0 Å². The van der Waals surface area contributed by atoms with E-state index in [2.05, 4.69) is 10.2 Å². The third-order valence-corrected chi connectivity index (χ3v) is 16.5. The second-order valence-electron chi connectivity index (χ2n) is 18.2. The third-order valence-electron chi connectivity index (χ3n) is 12.9. The maximum atomic E-state index is 14.1. The number of rotatable bonds is 23. The van der Waals surface area contributed by atoms with Crippen molar-refractivity contribution in [3.63, 3.8) is 0 Å². The minimum atomic E-state index is -4.94. The fourth-order valence-electron chi connectivity index (χ4n) is 11.9. The second-order valence-corrected chi connectivity index (χ2v) is 23.0. The van der Waals surface area contributed by atoms with Crippen LogP contribution in [-0.2, 0) is 27.7 Å². The summed E-state index contributed by atoms with van der Waals surface area (Å²) in [4.78, 5) is 0. The van der Waals surface area contributed by atoms with Crippen molar-refractivity contribution in [2.45, 2.75) is 102 Å². The molecule has 2 atom stereocenters. The second kappa shape index (κ2) is 25.4. The normalized spacial score (nSPS) is 29.5. The Bertz CT molecular complexity index is 1730. The summed E-state index contributed by atoms with van der Waals surface area (Å²) in [6.07, 6.45) is 14.0. The molecular weight excluding hydrogens is 993 g/mol. The number of halogens is 2. The van der Waals surface area contributed by atoms with E-state index < -0.39 is 36.0 Å². The Balaban J connectivity index is 0.000000693. The summed E-state index contributed by atoms with van der Waals surface area (Å²) in [6.45, 7) is 6.23. The van der Waals surface area contributed by atoms with Crippen LogP contribution in [0.4, 0.5) is 0 Å². The van der Waals surface area contributed by atoms with Crippen LogP contribution < -0.4 is 66.0 Å². The van der Waals surface area contributed by atoms with E-state index in [1.807, 2.05) is 38.1 Å². The largest absolute Gasteiger partial charge is 2.00 e. The number of ether oxygens (including phenoxy) is 4. The van der Waals surface area contributed by atoms with Gasteiger partial charge in [-0.05, 0) is 151 Å². The molecule has 0 heterocycles. The molecule has 8 fully saturated rings. The molecule has 0 aliphatic heterocycles. The molecular formula is C42H62CaCl2N2O18P2. The first-order valence-electron chi connectivity index (χ1n) is 22.4. The Morgan fingerprint density at radius 2 is 0.746 bits per heavy atom. The number of nitrogens with one attached hydrogen (secondary N) is 2. The van der Waals surface area contributed by atoms with Crippen LogP contribution >= 0.6 is 15.5 Å². The van der Waals surface area contributed by atoms with Gasteiger partial charge in [-0.2, -0.15) is 0 Å². The van der Waals surface area contributed by atoms with Crippen molar-refractivity contribution in [2.75, 3.05) is 52.9 Å². The van der Waals surface area contributed by atoms with Crippen LogP contribution in [0.5, 0.6) is 23.0 Å². The molecule has 2 aromatic rings. The van der Waals surface area contributed by atoms with Crippen molar-refractivity contribution >= 4 is 53.2 Å². The van der Waals surface area contributed by atoms with Crippen LogP contribution in [0.25, 0.3) is 0 Å². The van der Waals surface area contributed by atoms with Gasteiger partial charge < -0.3 is 28.0 Å². The third kappa shape index (κ3) is 18.7. The van der Waals surface area contributed by atoms with Crippen molar-refractivity contribution in [1.82, 2.24) is 10.2 Å². The van der Waals surface area contributed by atoms with Gasteiger partial charge in [-0.15, -0.1) is 20.5 Å². The molecule has 8 bridgehead atoms. The molecule has 67 heavy (non-hydrogen) atoms. The van der Waals surface area contributed by atoms with Gasteiger partial charge in [0, 0.05) is 11.1 Å². The first-order valence-corrected chi connectivity index (χ1v) is 28.0. The summed E-state index contributed by atoms with van der Waals surface area (Å²) in [5.74, 6) is 5.96. The molecule has 10 rings (SSSR count). The zero-order valence-corrected chi connectivity index (χ0v) is 43.4. The van der Waals surface area contributed by atoms with Gasteiger partial charge in [-0.25, -0.2) is 56.6 Å². The fourth-order valence-corrected chi connectivity index (χ4v) is 15.4. The number of hydrogen-bond acceptors (Lipinski definition) is 18. The zero-order valence-electron chi connectivity index (χ0n) is 37.9. The van der Waals surface area contributed by atoms with E-state index in [4.69, 9.17) is 74.3 Å². The van der Waals surface area contributed by atoms with Gasteiger partial charge in [0.1, 0.15) is 13.2 Å². The predicted octanol–water partition coefficient (Wildman–Crippen LogP) is -0.552. The molecule has 8 aliphatic rings. The number of para-hydroxylation sites is 4. The summed E-state index contributed by atoms with van der Waals surface area (Å²) in [6, 6.07) is 14.5. The van der Waals surface area contributed by atoms with Gasteiger partial charge >= 0.3 is 53.2 Å². The topological polar surface area (TPSA) is 317 Å². The van der Waals surface area contributed by atoms with Crippen LogP contribution in [0.2, 0.25) is 0 Å². The van der Waals surface area contributed by atoms with Crippen molar-refractivity contribution in [3.05, 3.63) is 48.5 Å². The first-order chi connectivity index (χ1) is 31.1. The quantitative estimate of drug-likeness (QED) is 0.0801. The minimum absolute atomic E-state index is 0. The summed E-state index contributed by atoms with van der Waals surface area (Å²) < 4.78 is 144. The average molecular weight is 1060 g/mol. The van der Waals surface area contributed by atoms with E-state index >= 15 is 0 Å². The molecule has 2 aromatic carbocycles. The predicted molar refractivity (Wildman–Crippen MR) is 219 cm³/mol. The zero-order chi connectivity index (χ0) is 47.6. The van der Waals surface area contributed by atoms with Gasteiger partial charge in [0.05, 0.1) is 39.6 Å². The van der Waals surface area contributed by atoms with Crippen molar-refractivity contribution < 1.29 is 104 Å². The standard InChI is InChI=1S/C42H62N2O10P2.Ca.2ClHO4/c1-3-51-55(45,43-41-25-31-19-32(26-41)21-33(20-31)27-41)53-39-11-7-5-9-37(39)49-17-15-47-13-14-48-16-18-50-38-10-6-8-12-40(38)54-56(46,52-4-2)44-42-28-34-22-35(29-42)24-36(23-34)30-42;;2*2-1(3,4)5/h5-12,31-36H,3-4,13-30H2,1-2H3,(H,43,45)(H,44,46);;2*(H,2,3,4,5)/q;+2;;/p-2. The van der Waals surface area contributed by atoms with E-state index in [0.29, 0.717) is 84.9 Å². The SMILES string of the molecule is CCOP(=O)(NC12CC3CC(CC(C3)C1)C2)Oc1ccccc1OCCOCCOCCOc1ccccc1OP(=O)(NC12CC3CC(CC(C3)C1)C2)OCC.[Ca+2].[O-][Cl+3]([O-])([O-])[O-].[O-][Cl+3]([O-])([O-])[O-]. The molecule has 8 aliphatic carbocycles. The molecule has 0 radical (unpaired) electrons. The Hall–Kier alpha value is -0.620. The number of benzene rings is 2.